The van der Waals surface area contributed by atoms with Crippen LogP contribution in [0.5, 0.6) is 0 Å². The van der Waals surface area contributed by atoms with Gasteiger partial charge in [-0.3, -0.25) is 4.79 Å². The standard InChI is InChI=1S/C15H9ClN2O3/c16-11-2-1-3-12(13(11)15(20)21)18-14(19)10-6-4-9(8-17)5-7-10/h1-7H,(H,18,19)(H,20,21). The SMILES string of the molecule is N#Cc1ccc(C(=O)Nc2cccc(Cl)c2C(=O)O)cc1. The normalized spacial score (nSPS) is 9.71. The third kappa shape index (κ3) is 3.19. The molecule has 104 valence electrons. The molecule has 0 saturated carbocycles. The quantitative estimate of drug-likeness (QED) is 0.911. The van der Waals surface area contributed by atoms with E-state index in [9.17, 15) is 9.59 Å². The summed E-state index contributed by atoms with van der Waals surface area (Å²) in [5, 5.41) is 20.4. The molecule has 0 radical (unpaired) electrons. The molecule has 1 amide bonds. The maximum atomic E-state index is 12.1. The molecule has 2 aromatic rings. The Hall–Kier alpha value is -2.84. The largest absolute Gasteiger partial charge is 0.478 e. The van der Waals surface area contributed by atoms with Crippen molar-refractivity contribution in [2.24, 2.45) is 0 Å². The highest BCUT2D eigenvalue weighted by atomic mass is 35.5. The maximum Gasteiger partial charge on any atom is 0.339 e. The van der Waals surface area contributed by atoms with Crippen molar-refractivity contribution in [3.05, 3.63) is 64.2 Å². The topological polar surface area (TPSA) is 90.2 Å². The number of benzene rings is 2. The van der Waals surface area contributed by atoms with Crippen molar-refractivity contribution in [1.82, 2.24) is 0 Å². The fourth-order valence-corrected chi connectivity index (χ4v) is 1.99. The minimum absolute atomic E-state index is 0.0418. The number of halogens is 1. The summed E-state index contributed by atoms with van der Waals surface area (Å²) in [6.45, 7) is 0. The van der Waals surface area contributed by atoms with E-state index >= 15 is 0 Å². The molecule has 0 aliphatic heterocycles. The summed E-state index contributed by atoms with van der Waals surface area (Å²) >= 11 is 5.83. The van der Waals surface area contributed by atoms with E-state index in [0.717, 1.165) is 0 Å². The number of rotatable bonds is 3. The number of amides is 1. The third-order valence-corrected chi connectivity index (χ3v) is 3.07. The van der Waals surface area contributed by atoms with Crippen LogP contribution in [0.25, 0.3) is 0 Å². The summed E-state index contributed by atoms with van der Waals surface area (Å²) in [5.74, 6) is -1.71. The predicted molar refractivity (Wildman–Crippen MR) is 77.5 cm³/mol. The smallest absolute Gasteiger partial charge is 0.339 e. The average molecular weight is 301 g/mol. The number of carboxylic acid groups (broad SMARTS) is 1. The first-order valence-corrected chi connectivity index (χ1v) is 6.24. The minimum atomic E-state index is -1.23. The zero-order valence-corrected chi connectivity index (χ0v) is 11.4. The van der Waals surface area contributed by atoms with Crippen LogP contribution in [0.15, 0.2) is 42.5 Å². The molecule has 0 aliphatic rings. The molecule has 0 bridgehead atoms. The Morgan fingerprint density at radius 3 is 2.38 bits per heavy atom. The van der Waals surface area contributed by atoms with Crippen molar-refractivity contribution in [3.63, 3.8) is 0 Å². The summed E-state index contributed by atoms with van der Waals surface area (Å²) < 4.78 is 0. The van der Waals surface area contributed by atoms with Gasteiger partial charge in [0.05, 0.1) is 22.3 Å². The van der Waals surface area contributed by atoms with Gasteiger partial charge in [0, 0.05) is 5.56 Å². The van der Waals surface area contributed by atoms with Crippen LogP contribution in [0.2, 0.25) is 5.02 Å². The van der Waals surface area contributed by atoms with Crippen LogP contribution in [-0.2, 0) is 0 Å². The van der Waals surface area contributed by atoms with E-state index in [-0.39, 0.29) is 16.3 Å². The first kappa shape index (κ1) is 14.6. The lowest BCUT2D eigenvalue weighted by Crippen LogP contribution is -2.15. The van der Waals surface area contributed by atoms with E-state index in [1.165, 1.54) is 36.4 Å². The van der Waals surface area contributed by atoms with E-state index in [2.05, 4.69) is 5.32 Å². The van der Waals surface area contributed by atoms with E-state index in [1.54, 1.807) is 6.07 Å². The molecule has 5 nitrogen and oxygen atoms in total. The summed E-state index contributed by atoms with van der Waals surface area (Å²) in [7, 11) is 0. The number of hydrogen-bond acceptors (Lipinski definition) is 3. The summed E-state index contributed by atoms with van der Waals surface area (Å²) in [6.07, 6.45) is 0. The van der Waals surface area contributed by atoms with Gasteiger partial charge in [0.15, 0.2) is 0 Å². The molecule has 0 aliphatic carbocycles. The molecular weight excluding hydrogens is 292 g/mol. The highest BCUT2D eigenvalue weighted by molar-refractivity contribution is 6.34. The Bertz CT molecular complexity index is 749. The second-order valence-corrected chi connectivity index (χ2v) is 4.52. The van der Waals surface area contributed by atoms with Gasteiger partial charge in [-0.25, -0.2) is 4.79 Å². The molecular formula is C15H9ClN2O3. The van der Waals surface area contributed by atoms with Crippen LogP contribution in [-0.4, -0.2) is 17.0 Å². The van der Waals surface area contributed by atoms with Crippen molar-refractivity contribution in [1.29, 1.82) is 5.26 Å². The molecule has 2 N–H and O–H groups in total. The molecule has 0 fully saturated rings. The van der Waals surface area contributed by atoms with Gasteiger partial charge in [-0.15, -0.1) is 0 Å². The van der Waals surface area contributed by atoms with E-state index in [1.807, 2.05) is 6.07 Å². The number of carbonyl (C=O) groups is 2. The first-order valence-electron chi connectivity index (χ1n) is 5.86. The van der Waals surface area contributed by atoms with Gasteiger partial charge in [-0.1, -0.05) is 17.7 Å². The lowest BCUT2D eigenvalue weighted by Gasteiger charge is -2.09. The van der Waals surface area contributed by atoms with Gasteiger partial charge in [0.1, 0.15) is 5.56 Å². The second kappa shape index (κ2) is 6.07. The minimum Gasteiger partial charge on any atom is -0.478 e. The van der Waals surface area contributed by atoms with E-state index in [0.29, 0.717) is 11.1 Å². The molecule has 2 rings (SSSR count). The van der Waals surface area contributed by atoms with Gasteiger partial charge in [0.25, 0.3) is 5.91 Å². The Balaban J connectivity index is 2.29. The Kier molecular flexibility index (Phi) is 4.21. The Morgan fingerprint density at radius 1 is 1.14 bits per heavy atom. The molecule has 0 saturated heterocycles. The number of anilines is 1. The van der Waals surface area contributed by atoms with Crippen molar-refractivity contribution < 1.29 is 14.7 Å². The van der Waals surface area contributed by atoms with Gasteiger partial charge in [-0.2, -0.15) is 5.26 Å². The second-order valence-electron chi connectivity index (χ2n) is 4.11. The molecule has 0 aromatic heterocycles. The summed E-state index contributed by atoms with van der Waals surface area (Å²) in [5.41, 5.74) is 0.691. The van der Waals surface area contributed by atoms with Crippen molar-refractivity contribution in [2.45, 2.75) is 0 Å². The van der Waals surface area contributed by atoms with Crippen LogP contribution in [0.1, 0.15) is 26.3 Å². The van der Waals surface area contributed by atoms with Crippen molar-refractivity contribution in [2.75, 3.05) is 5.32 Å². The maximum absolute atomic E-state index is 12.1. The Morgan fingerprint density at radius 2 is 1.81 bits per heavy atom. The predicted octanol–water partition coefficient (Wildman–Crippen LogP) is 3.16. The summed E-state index contributed by atoms with van der Waals surface area (Å²) in [6, 6.07) is 12.4. The number of nitriles is 1. The molecule has 6 heteroatoms. The number of carbonyl (C=O) groups excluding carboxylic acids is 1. The van der Waals surface area contributed by atoms with E-state index in [4.69, 9.17) is 22.0 Å². The fraction of sp³-hybridized carbons (Fsp3) is 0. The third-order valence-electron chi connectivity index (χ3n) is 2.75. The number of carboxylic acids is 1. The molecule has 21 heavy (non-hydrogen) atoms. The molecule has 0 atom stereocenters. The monoisotopic (exact) mass is 300 g/mol. The first-order chi connectivity index (χ1) is 10.0. The zero-order chi connectivity index (χ0) is 15.4. The molecule has 0 spiro atoms. The van der Waals surface area contributed by atoms with E-state index < -0.39 is 11.9 Å². The van der Waals surface area contributed by atoms with Crippen LogP contribution in [0, 0.1) is 11.3 Å². The number of nitrogens with zero attached hydrogens (tertiary/aromatic N) is 1. The van der Waals surface area contributed by atoms with Gasteiger partial charge >= 0.3 is 5.97 Å². The lowest BCUT2D eigenvalue weighted by atomic mass is 10.1. The molecule has 0 unspecified atom stereocenters. The fourth-order valence-electron chi connectivity index (χ4n) is 1.74. The van der Waals surface area contributed by atoms with Crippen LogP contribution < -0.4 is 5.32 Å². The number of nitrogens with one attached hydrogen (secondary N) is 1. The van der Waals surface area contributed by atoms with Crippen molar-refractivity contribution in [3.8, 4) is 6.07 Å². The highest BCUT2D eigenvalue weighted by Crippen LogP contribution is 2.24. The Labute approximate surface area is 125 Å². The van der Waals surface area contributed by atoms with Gasteiger partial charge in [0.2, 0.25) is 0 Å². The van der Waals surface area contributed by atoms with Crippen molar-refractivity contribution >= 4 is 29.2 Å². The highest BCUT2D eigenvalue weighted by Gasteiger charge is 2.16. The van der Waals surface area contributed by atoms with Crippen LogP contribution >= 0.6 is 11.6 Å². The summed E-state index contributed by atoms with van der Waals surface area (Å²) in [4.78, 5) is 23.2. The van der Waals surface area contributed by atoms with Gasteiger partial charge in [-0.05, 0) is 36.4 Å². The molecule has 0 heterocycles. The zero-order valence-electron chi connectivity index (χ0n) is 10.6. The molecule has 2 aromatic carbocycles. The van der Waals surface area contributed by atoms with Gasteiger partial charge < -0.3 is 10.4 Å². The number of hydrogen-bond donors (Lipinski definition) is 2. The van der Waals surface area contributed by atoms with Crippen LogP contribution in [0.4, 0.5) is 5.69 Å². The lowest BCUT2D eigenvalue weighted by molar-refractivity contribution is 0.0698. The number of aromatic carboxylic acids is 1. The van der Waals surface area contributed by atoms with Crippen LogP contribution in [0.3, 0.4) is 0 Å². The average Bonchev–Trinajstić information content (AvgIpc) is 2.47.